The molecule has 1 aliphatic heterocycles. The molecule has 0 amide bonds. The lowest BCUT2D eigenvalue weighted by Crippen LogP contribution is -2.30. The summed E-state index contributed by atoms with van der Waals surface area (Å²) < 4.78 is 10.1. The number of aromatic nitrogens is 2. The number of benzene rings is 3. The summed E-state index contributed by atoms with van der Waals surface area (Å²) >= 11 is 0. The number of rotatable bonds is 4. The Bertz CT molecular complexity index is 1280. The highest BCUT2D eigenvalue weighted by molar-refractivity contribution is 5.36. The maximum atomic E-state index is 13.5. The van der Waals surface area contributed by atoms with Crippen molar-refractivity contribution in [3.05, 3.63) is 118 Å². The summed E-state index contributed by atoms with van der Waals surface area (Å²) in [5.74, 6) is 0.912. The Balaban J connectivity index is 1.52. The van der Waals surface area contributed by atoms with Crippen LogP contribution in [0.5, 0.6) is 5.75 Å². The Kier molecular flexibility index (Phi) is 5.41. The number of hydrogen-bond acceptors (Lipinski definition) is 3. The molecule has 1 aromatic heterocycles. The van der Waals surface area contributed by atoms with Crippen molar-refractivity contribution < 1.29 is 4.74 Å². The lowest BCUT2D eigenvalue weighted by atomic mass is 10.1. The highest BCUT2D eigenvalue weighted by Gasteiger charge is 2.26. The van der Waals surface area contributed by atoms with Crippen molar-refractivity contribution in [1.82, 2.24) is 14.3 Å². The van der Waals surface area contributed by atoms with Gasteiger partial charge in [-0.3, -0.25) is 14.4 Å². The molecule has 0 fully saturated rings. The van der Waals surface area contributed by atoms with E-state index in [4.69, 9.17) is 4.74 Å². The van der Waals surface area contributed by atoms with Gasteiger partial charge >= 0.3 is 0 Å². The Hall–Kier alpha value is -3.57. The Morgan fingerprint density at radius 2 is 1.56 bits per heavy atom. The fourth-order valence-corrected chi connectivity index (χ4v) is 4.47. The summed E-state index contributed by atoms with van der Waals surface area (Å²) in [6.45, 7) is 4.03. The molecule has 0 bridgehead atoms. The summed E-state index contributed by atoms with van der Waals surface area (Å²) in [5.41, 5.74) is 4.99. The van der Waals surface area contributed by atoms with E-state index in [0.29, 0.717) is 13.1 Å². The van der Waals surface area contributed by atoms with Gasteiger partial charge in [-0.05, 0) is 30.7 Å². The molecule has 0 unspecified atom stereocenters. The van der Waals surface area contributed by atoms with Crippen LogP contribution in [0.25, 0.3) is 5.69 Å². The molecular formula is C27H27N3O2. The largest absolute Gasteiger partial charge is 0.484 e. The van der Waals surface area contributed by atoms with Crippen molar-refractivity contribution in [2.75, 3.05) is 6.54 Å². The minimum absolute atomic E-state index is 0.0333. The van der Waals surface area contributed by atoms with Gasteiger partial charge in [0.05, 0.1) is 11.3 Å². The van der Waals surface area contributed by atoms with E-state index in [1.165, 1.54) is 0 Å². The zero-order chi connectivity index (χ0) is 22.1. The maximum absolute atomic E-state index is 13.5. The van der Waals surface area contributed by atoms with Gasteiger partial charge in [-0.2, -0.15) is 0 Å². The van der Waals surface area contributed by atoms with Gasteiger partial charge in [0.2, 0.25) is 0 Å². The fraction of sp³-hybridized carbons (Fsp3) is 0.222. The molecule has 5 heteroatoms. The first-order valence-corrected chi connectivity index (χ1v) is 11.0. The van der Waals surface area contributed by atoms with Crippen LogP contribution in [0.15, 0.2) is 89.7 Å². The van der Waals surface area contributed by atoms with Crippen LogP contribution in [-0.4, -0.2) is 20.8 Å². The minimum atomic E-state index is -0.0970. The second kappa shape index (κ2) is 8.52. The van der Waals surface area contributed by atoms with Crippen LogP contribution in [0.4, 0.5) is 0 Å². The van der Waals surface area contributed by atoms with Gasteiger partial charge in [0.1, 0.15) is 11.9 Å². The summed E-state index contributed by atoms with van der Waals surface area (Å²) in [5, 5.41) is 0. The highest BCUT2D eigenvalue weighted by Crippen LogP contribution is 2.31. The van der Waals surface area contributed by atoms with E-state index in [1.54, 1.807) is 4.68 Å². The Labute approximate surface area is 188 Å². The molecule has 3 aromatic carbocycles. The molecule has 1 aliphatic rings. The summed E-state index contributed by atoms with van der Waals surface area (Å²) in [4.78, 5) is 15.8. The third kappa shape index (κ3) is 3.76. The second-order valence-electron chi connectivity index (χ2n) is 8.33. The first-order valence-electron chi connectivity index (χ1n) is 11.0. The molecule has 4 aromatic rings. The van der Waals surface area contributed by atoms with Crippen molar-refractivity contribution in [3.8, 4) is 11.4 Å². The highest BCUT2D eigenvalue weighted by atomic mass is 16.5. The van der Waals surface area contributed by atoms with Crippen molar-refractivity contribution >= 4 is 0 Å². The third-order valence-corrected chi connectivity index (χ3v) is 6.29. The molecule has 5 rings (SSSR count). The predicted molar refractivity (Wildman–Crippen MR) is 126 cm³/mol. The Morgan fingerprint density at radius 1 is 0.906 bits per heavy atom. The van der Waals surface area contributed by atoms with E-state index in [-0.39, 0.29) is 11.7 Å². The van der Waals surface area contributed by atoms with E-state index < -0.39 is 0 Å². The van der Waals surface area contributed by atoms with Crippen LogP contribution in [0, 0.1) is 6.92 Å². The molecule has 1 atom stereocenters. The molecule has 5 nitrogen and oxygen atoms in total. The van der Waals surface area contributed by atoms with Crippen LogP contribution in [-0.2, 0) is 20.1 Å². The standard InChI is InChI=1S/C27H27N3O2/c1-20-24(27(31)30(28(20)2)23-14-7-4-8-15-23)18-29-17-22-13-9-10-16-25(22)32-26(19-29)21-11-5-3-6-12-21/h3-16,26H,17-19H2,1-2H3/t26-/m0/s1. The van der Waals surface area contributed by atoms with E-state index in [1.807, 2.05) is 85.4 Å². The van der Waals surface area contributed by atoms with Gasteiger partial charge in [0.15, 0.2) is 0 Å². The molecule has 0 radical (unpaired) electrons. The number of para-hydroxylation sites is 2. The van der Waals surface area contributed by atoms with Crippen molar-refractivity contribution in [2.45, 2.75) is 26.1 Å². The molecule has 0 aliphatic carbocycles. The first kappa shape index (κ1) is 20.3. The normalized spacial score (nSPS) is 16.2. The van der Waals surface area contributed by atoms with Crippen LogP contribution >= 0.6 is 0 Å². The van der Waals surface area contributed by atoms with Crippen LogP contribution < -0.4 is 10.3 Å². The van der Waals surface area contributed by atoms with E-state index >= 15 is 0 Å². The molecule has 0 spiro atoms. The van der Waals surface area contributed by atoms with Crippen LogP contribution in [0.1, 0.15) is 28.5 Å². The van der Waals surface area contributed by atoms with Crippen molar-refractivity contribution in [2.24, 2.45) is 7.05 Å². The lowest BCUT2D eigenvalue weighted by molar-refractivity contribution is 0.143. The zero-order valence-corrected chi connectivity index (χ0v) is 18.4. The molecule has 0 saturated heterocycles. The summed E-state index contributed by atoms with van der Waals surface area (Å²) in [6.07, 6.45) is -0.0970. The van der Waals surface area contributed by atoms with Gasteiger partial charge < -0.3 is 4.74 Å². The van der Waals surface area contributed by atoms with Crippen molar-refractivity contribution in [3.63, 3.8) is 0 Å². The van der Waals surface area contributed by atoms with Gasteiger partial charge in [0, 0.05) is 37.9 Å². The third-order valence-electron chi connectivity index (χ3n) is 6.29. The fourth-order valence-electron chi connectivity index (χ4n) is 4.47. The van der Waals surface area contributed by atoms with Crippen LogP contribution in [0.2, 0.25) is 0 Å². The summed E-state index contributed by atoms with van der Waals surface area (Å²) in [6, 6.07) is 28.3. The molecule has 2 heterocycles. The maximum Gasteiger partial charge on any atom is 0.276 e. The summed E-state index contributed by atoms with van der Waals surface area (Å²) in [7, 11) is 1.95. The predicted octanol–water partition coefficient (Wildman–Crippen LogP) is 4.62. The Morgan fingerprint density at radius 3 is 2.31 bits per heavy atom. The smallest absolute Gasteiger partial charge is 0.276 e. The molecule has 0 N–H and O–H groups in total. The topological polar surface area (TPSA) is 39.4 Å². The van der Waals surface area contributed by atoms with Crippen LogP contribution in [0.3, 0.4) is 0 Å². The number of hydrogen-bond donors (Lipinski definition) is 0. The number of nitrogens with zero attached hydrogens (tertiary/aromatic N) is 3. The minimum Gasteiger partial charge on any atom is -0.484 e. The molecule has 32 heavy (non-hydrogen) atoms. The van der Waals surface area contributed by atoms with Gasteiger partial charge in [-0.25, -0.2) is 4.68 Å². The average Bonchev–Trinajstić information content (AvgIpc) is 2.96. The van der Waals surface area contributed by atoms with Gasteiger partial charge in [-0.1, -0.05) is 66.7 Å². The number of ether oxygens (including phenoxy) is 1. The molecule has 162 valence electrons. The van der Waals surface area contributed by atoms with E-state index in [0.717, 1.165) is 40.4 Å². The lowest BCUT2D eigenvalue weighted by Gasteiger charge is -2.24. The quantitative estimate of drug-likeness (QED) is 0.479. The first-order chi connectivity index (χ1) is 15.6. The van der Waals surface area contributed by atoms with E-state index in [2.05, 4.69) is 23.1 Å². The SMILES string of the molecule is Cc1c(CN2Cc3ccccc3O[C@H](c3ccccc3)C2)c(=O)n(-c2ccccc2)n1C. The second-order valence-corrected chi connectivity index (χ2v) is 8.33. The average molecular weight is 426 g/mol. The zero-order valence-electron chi connectivity index (χ0n) is 18.4. The molecule has 0 saturated carbocycles. The number of fused-ring (bicyclic) bond motifs is 1. The molecular weight excluding hydrogens is 398 g/mol. The monoisotopic (exact) mass is 425 g/mol. The van der Waals surface area contributed by atoms with Gasteiger partial charge in [-0.15, -0.1) is 0 Å². The van der Waals surface area contributed by atoms with Crippen molar-refractivity contribution in [1.29, 1.82) is 0 Å². The van der Waals surface area contributed by atoms with E-state index in [9.17, 15) is 4.79 Å². The van der Waals surface area contributed by atoms with Gasteiger partial charge in [0.25, 0.3) is 5.56 Å².